The van der Waals surface area contributed by atoms with E-state index in [2.05, 4.69) is 31.2 Å². The van der Waals surface area contributed by atoms with E-state index in [0.717, 1.165) is 5.56 Å². The fraction of sp³-hybridized carbons (Fsp3) is 0. The quantitative estimate of drug-likeness (QED) is 0.550. The van der Waals surface area contributed by atoms with E-state index in [9.17, 15) is 4.39 Å². The van der Waals surface area contributed by atoms with Gasteiger partial charge in [-0.15, -0.1) is 25.3 Å². The first-order chi connectivity index (χ1) is 7.65. The van der Waals surface area contributed by atoms with Crippen molar-refractivity contribution in [2.75, 3.05) is 0 Å². The maximum absolute atomic E-state index is 12.7. The Morgan fingerprint density at radius 2 is 1.50 bits per heavy atom. The minimum atomic E-state index is -2.08. The van der Waals surface area contributed by atoms with Gasteiger partial charge in [-0.25, -0.2) is 4.39 Å². The average molecular weight is 228 g/mol. The van der Waals surface area contributed by atoms with Gasteiger partial charge in [0.05, 0.1) is 0 Å². The van der Waals surface area contributed by atoms with Gasteiger partial charge in [0.15, 0.2) is 0 Å². The molecular weight excluding hydrogens is 215 g/mol. The van der Waals surface area contributed by atoms with Gasteiger partial charge >= 0.3 is 0 Å². The Hall–Kier alpha value is -1.85. The van der Waals surface area contributed by atoms with Crippen molar-refractivity contribution >= 4 is 8.07 Å². The maximum atomic E-state index is 12.7. The summed E-state index contributed by atoms with van der Waals surface area (Å²) >= 11 is 0. The minimum absolute atomic E-state index is 0.259. The lowest BCUT2D eigenvalue weighted by molar-refractivity contribution is 0.627. The molecule has 1 aromatic carbocycles. The van der Waals surface area contributed by atoms with Gasteiger partial charge in [-0.1, -0.05) is 23.0 Å². The van der Waals surface area contributed by atoms with Crippen LogP contribution in [0, 0.1) is 17.3 Å². The standard InChI is InChI=1S/C14H13FSi/c1-4-16(5-2,6-3)12-11-13-7-9-14(15)10-8-13/h4-10H,1-3H2. The second kappa shape index (κ2) is 5.29. The van der Waals surface area contributed by atoms with Gasteiger partial charge in [-0.3, -0.25) is 0 Å². The van der Waals surface area contributed by atoms with Crippen LogP contribution in [0.5, 0.6) is 0 Å². The lowest BCUT2D eigenvalue weighted by Crippen LogP contribution is -2.24. The van der Waals surface area contributed by atoms with Gasteiger partial charge in [0, 0.05) is 5.56 Å². The van der Waals surface area contributed by atoms with Gasteiger partial charge in [-0.05, 0) is 24.3 Å². The normalized spacial score (nSPS) is 9.81. The summed E-state index contributed by atoms with van der Waals surface area (Å²) in [7, 11) is -2.08. The molecule has 0 aliphatic rings. The SMILES string of the molecule is C=C[Si](C#Cc1ccc(F)cc1)(C=C)C=C. The first-order valence-electron chi connectivity index (χ1n) is 4.85. The Morgan fingerprint density at radius 3 is 1.94 bits per heavy atom. The molecule has 0 aliphatic carbocycles. The molecule has 0 spiro atoms. The Kier molecular flexibility index (Phi) is 4.04. The molecule has 2 heteroatoms. The van der Waals surface area contributed by atoms with Crippen LogP contribution in [-0.4, -0.2) is 8.07 Å². The van der Waals surface area contributed by atoms with E-state index in [1.165, 1.54) is 12.1 Å². The highest BCUT2D eigenvalue weighted by Crippen LogP contribution is 2.07. The molecule has 1 aromatic rings. The molecule has 0 atom stereocenters. The predicted octanol–water partition coefficient (Wildman–Crippen LogP) is 3.34. The summed E-state index contributed by atoms with van der Waals surface area (Å²) in [6.07, 6.45) is 0. The van der Waals surface area contributed by atoms with Crippen molar-refractivity contribution in [2.24, 2.45) is 0 Å². The Balaban J connectivity index is 3.04. The number of hydrogen-bond acceptors (Lipinski definition) is 0. The van der Waals surface area contributed by atoms with Crippen LogP contribution in [0.15, 0.2) is 61.1 Å². The molecule has 0 saturated carbocycles. The van der Waals surface area contributed by atoms with E-state index in [0.29, 0.717) is 0 Å². The van der Waals surface area contributed by atoms with Crippen LogP contribution in [0.1, 0.15) is 5.56 Å². The van der Waals surface area contributed by atoms with E-state index in [1.807, 2.05) is 17.1 Å². The predicted molar refractivity (Wildman–Crippen MR) is 69.6 cm³/mol. The van der Waals surface area contributed by atoms with E-state index < -0.39 is 8.07 Å². The summed E-state index contributed by atoms with van der Waals surface area (Å²) < 4.78 is 12.7. The van der Waals surface area contributed by atoms with Crippen molar-refractivity contribution in [3.8, 4) is 11.5 Å². The fourth-order valence-corrected chi connectivity index (χ4v) is 2.28. The highest BCUT2D eigenvalue weighted by molar-refractivity contribution is 6.99. The maximum Gasteiger partial charge on any atom is 0.207 e. The Labute approximate surface area is 96.8 Å². The van der Waals surface area contributed by atoms with Crippen LogP contribution in [0.4, 0.5) is 4.39 Å². The fourth-order valence-electron chi connectivity index (χ4n) is 1.12. The molecule has 80 valence electrons. The molecule has 0 bridgehead atoms. The average Bonchev–Trinajstić information content (AvgIpc) is 2.34. The molecule has 16 heavy (non-hydrogen) atoms. The number of halogens is 1. The van der Waals surface area contributed by atoms with Gasteiger partial charge in [0.25, 0.3) is 0 Å². The van der Waals surface area contributed by atoms with Gasteiger partial charge in [-0.2, -0.15) is 0 Å². The number of benzene rings is 1. The van der Waals surface area contributed by atoms with Crippen molar-refractivity contribution < 1.29 is 4.39 Å². The van der Waals surface area contributed by atoms with E-state index >= 15 is 0 Å². The third-order valence-electron chi connectivity index (χ3n) is 2.28. The summed E-state index contributed by atoms with van der Waals surface area (Å²) in [6, 6.07) is 6.08. The lowest BCUT2D eigenvalue weighted by atomic mass is 10.2. The van der Waals surface area contributed by atoms with Crippen molar-refractivity contribution in [1.82, 2.24) is 0 Å². The van der Waals surface area contributed by atoms with Crippen LogP contribution < -0.4 is 0 Å². The molecule has 1 rings (SSSR count). The van der Waals surface area contributed by atoms with Crippen LogP contribution in [-0.2, 0) is 0 Å². The molecule has 0 unspecified atom stereocenters. The molecule has 0 heterocycles. The number of hydrogen-bond donors (Lipinski definition) is 0. The van der Waals surface area contributed by atoms with Crippen molar-refractivity contribution in [3.05, 3.63) is 72.5 Å². The van der Waals surface area contributed by atoms with Crippen LogP contribution in [0.2, 0.25) is 0 Å². The van der Waals surface area contributed by atoms with Crippen LogP contribution in [0.3, 0.4) is 0 Å². The highest BCUT2D eigenvalue weighted by Gasteiger charge is 2.17. The molecule has 0 nitrogen and oxygen atoms in total. The zero-order valence-electron chi connectivity index (χ0n) is 9.04. The molecule has 0 amide bonds. The summed E-state index contributed by atoms with van der Waals surface area (Å²) in [5, 5.41) is 0. The van der Waals surface area contributed by atoms with Gasteiger partial charge < -0.3 is 0 Å². The minimum Gasteiger partial charge on any atom is -0.207 e. The second-order valence-corrected chi connectivity index (χ2v) is 6.64. The topological polar surface area (TPSA) is 0 Å². The molecule has 0 fully saturated rings. The lowest BCUT2D eigenvalue weighted by Gasteiger charge is -2.09. The molecule has 0 aromatic heterocycles. The monoisotopic (exact) mass is 228 g/mol. The van der Waals surface area contributed by atoms with Crippen molar-refractivity contribution in [3.63, 3.8) is 0 Å². The molecular formula is C14H13FSi. The van der Waals surface area contributed by atoms with E-state index in [-0.39, 0.29) is 5.82 Å². The Morgan fingerprint density at radius 1 is 1.00 bits per heavy atom. The highest BCUT2D eigenvalue weighted by atomic mass is 28.3. The first-order valence-corrected chi connectivity index (χ1v) is 7.08. The third kappa shape index (κ3) is 2.82. The van der Waals surface area contributed by atoms with Crippen LogP contribution in [0.25, 0.3) is 0 Å². The Bertz CT molecular complexity index is 438. The third-order valence-corrected chi connectivity index (χ3v) is 4.87. The molecule has 0 radical (unpaired) electrons. The number of rotatable bonds is 3. The largest absolute Gasteiger partial charge is 0.207 e. The van der Waals surface area contributed by atoms with E-state index in [1.54, 1.807) is 12.1 Å². The van der Waals surface area contributed by atoms with Crippen molar-refractivity contribution in [1.29, 1.82) is 0 Å². The zero-order chi connectivity index (χ0) is 12.0. The zero-order valence-corrected chi connectivity index (χ0v) is 10.0. The molecule has 0 aliphatic heterocycles. The summed E-state index contributed by atoms with van der Waals surface area (Å²) in [4.78, 5) is 0. The van der Waals surface area contributed by atoms with E-state index in [4.69, 9.17) is 0 Å². The van der Waals surface area contributed by atoms with Crippen molar-refractivity contribution in [2.45, 2.75) is 0 Å². The summed E-state index contributed by atoms with van der Waals surface area (Å²) in [6.45, 7) is 11.3. The van der Waals surface area contributed by atoms with Gasteiger partial charge in [0.2, 0.25) is 8.07 Å². The smallest absolute Gasteiger partial charge is 0.207 e. The van der Waals surface area contributed by atoms with Gasteiger partial charge in [0.1, 0.15) is 5.82 Å². The summed E-state index contributed by atoms with van der Waals surface area (Å²) in [5.41, 5.74) is 9.34. The summed E-state index contributed by atoms with van der Waals surface area (Å²) in [5.74, 6) is 2.74. The molecule has 0 saturated heterocycles. The molecule has 0 N–H and O–H groups in total. The van der Waals surface area contributed by atoms with Crippen LogP contribution >= 0.6 is 0 Å². The second-order valence-electron chi connectivity index (χ2n) is 3.30. The first kappa shape index (κ1) is 12.2.